The van der Waals surface area contributed by atoms with E-state index in [0.717, 1.165) is 34.9 Å². The van der Waals surface area contributed by atoms with Gasteiger partial charge in [-0.15, -0.1) is 0 Å². The van der Waals surface area contributed by atoms with Crippen molar-refractivity contribution in [2.75, 3.05) is 20.3 Å². The Morgan fingerprint density at radius 1 is 1.22 bits per heavy atom. The second-order valence-electron chi connectivity index (χ2n) is 6.16. The molecule has 1 saturated carbocycles. The van der Waals surface area contributed by atoms with Gasteiger partial charge in [0.2, 0.25) is 0 Å². The molecule has 0 heterocycles. The van der Waals surface area contributed by atoms with E-state index >= 15 is 0 Å². The first-order valence-electron chi connectivity index (χ1n) is 7.85. The van der Waals surface area contributed by atoms with Crippen LogP contribution in [0, 0.1) is 5.41 Å². The molecule has 0 radical (unpaired) electrons. The Morgan fingerprint density at radius 2 is 2.00 bits per heavy atom. The van der Waals surface area contributed by atoms with Crippen molar-refractivity contribution >= 4 is 16.8 Å². The first-order valence-corrected chi connectivity index (χ1v) is 7.85. The quantitative estimate of drug-likeness (QED) is 0.767. The van der Waals surface area contributed by atoms with Crippen LogP contribution in [0.5, 0.6) is 5.75 Å². The van der Waals surface area contributed by atoms with Gasteiger partial charge in [0.05, 0.1) is 13.7 Å². The van der Waals surface area contributed by atoms with Crippen molar-refractivity contribution in [2.45, 2.75) is 19.4 Å². The Balaban J connectivity index is 1.67. The maximum atomic E-state index is 12.0. The van der Waals surface area contributed by atoms with Crippen molar-refractivity contribution in [2.24, 2.45) is 5.41 Å². The molecule has 2 aromatic carbocycles. The summed E-state index contributed by atoms with van der Waals surface area (Å²) >= 11 is 0. The molecule has 122 valence electrons. The molecular weight excluding hydrogens is 292 g/mol. The van der Waals surface area contributed by atoms with Crippen LogP contribution in [-0.4, -0.2) is 31.4 Å². The van der Waals surface area contributed by atoms with Gasteiger partial charge in [0, 0.05) is 24.1 Å². The van der Waals surface area contributed by atoms with Crippen molar-refractivity contribution in [3.05, 3.63) is 42.0 Å². The molecule has 3 rings (SSSR count). The monoisotopic (exact) mass is 314 g/mol. The molecule has 1 fully saturated rings. The van der Waals surface area contributed by atoms with Crippen LogP contribution in [0.3, 0.4) is 0 Å². The molecule has 3 N–H and O–H groups in total. The zero-order valence-electron chi connectivity index (χ0n) is 13.3. The number of hydrogen-bond acceptors (Lipinski definition) is 3. The maximum Gasteiger partial charge on any atom is 0.315 e. The van der Waals surface area contributed by atoms with E-state index in [9.17, 15) is 9.90 Å². The summed E-state index contributed by atoms with van der Waals surface area (Å²) in [6, 6.07) is 11.7. The van der Waals surface area contributed by atoms with Gasteiger partial charge in [-0.25, -0.2) is 4.79 Å². The Hall–Kier alpha value is -2.27. The minimum atomic E-state index is -0.222. The molecule has 2 aromatic rings. The summed E-state index contributed by atoms with van der Waals surface area (Å²) in [5.41, 5.74) is 0.873. The molecule has 5 heteroatoms. The number of aliphatic hydroxyl groups excluding tert-OH is 1. The number of urea groups is 1. The fourth-order valence-corrected chi connectivity index (χ4v) is 2.76. The number of carbonyl (C=O) groups excluding carboxylic acids is 1. The van der Waals surface area contributed by atoms with Gasteiger partial charge >= 0.3 is 6.03 Å². The lowest BCUT2D eigenvalue weighted by Crippen LogP contribution is -2.39. The summed E-state index contributed by atoms with van der Waals surface area (Å²) < 4.78 is 5.42. The van der Waals surface area contributed by atoms with E-state index in [4.69, 9.17) is 4.74 Å². The highest BCUT2D eigenvalue weighted by Crippen LogP contribution is 2.44. The second kappa shape index (κ2) is 6.46. The molecule has 1 aliphatic carbocycles. The third-order valence-corrected chi connectivity index (χ3v) is 4.56. The predicted octanol–water partition coefficient (Wildman–Crippen LogP) is 2.42. The fourth-order valence-electron chi connectivity index (χ4n) is 2.76. The summed E-state index contributed by atoms with van der Waals surface area (Å²) in [4.78, 5) is 12.0. The molecule has 0 atom stereocenters. The number of amides is 2. The number of nitrogens with one attached hydrogen (secondary N) is 2. The van der Waals surface area contributed by atoms with Crippen LogP contribution in [-0.2, 0) is 6.54 Å². The van der Waals surface area contributed by atoms with Crippen molar-refractivity contribution in [1.82, 2.24) is 10.6 Å². The number of benzene rings is 2. The van der Waals surface area contributed by atoms with Crippen LogP contribution < -0.4 is 15.4 Å². The average molecular weight is 314 g/mol. The van der Waals surface area contributed by atoms with Crippen LogP contribution in [0.25, 0.3) is 10.8 Å². The van der Waals surface area contributed by atoms with Gasteiger partial charge in [-0.05, 0) is 29.7 Å². The van der Waals surface area contributed by atoms with E-state index in [2.05, 4.69) is 10.6 Å². The maximum absolute atomic E-state index is 12.0. The highest BCUT2D eigenvalue weighted by molar-refractivity contribution is 5.88. The molecule has 0 spiro atoms. The van der Waals surface area contributed by atoms with E-state index in [1.807, 2.05) is 36.4 Å². The van der Waals surface area contributed by atoms with Gasteiger partial charge in [0.15, 0.2) is 0 Å². The normalized spacial score (nSPS) is 15.2. The van der Waals surface area contributed by atoms with Crippen LogP contribution >= 0.6 is 0 Å². The summed E-state index contributed by atoms with van der Waals surface area (Å²) in [5, 5.41) is 17.2. The minimum absolute atomic E-state index is 0.0888. The van der Waals surface area contributed by atoms with E-state index in [1.165, 1.54) is 0 Å². The number of aliphatic hydroxyl groups is 1. The molecule has 5 nitrogen and oxygen atoms in total. The van der Waals surface area contributed by atoms with Crippen molar-refractivity contribution in [1.29, 1.82) is 0 Å². The topological polar surface area (TPSA) is 70.6 Å². The molecule has 23 heavy (non-hydrogen) atoms. The highest BCUT2D eigenvalue weighted by Gasteiger charge is 2.42. The van der Waals surface area contributed by atoms with E-state index in [-0.39, 0.29) is 18.1 Å². The first-order chi connectivity index (χ1) is 11.2. The summed E-state index contributed by atoms with van der Waals surface area (Å²) in [6.45, 7) is 1.04. The van der Waals surface area contributed by atoms with Gasteiger partial charge in [-0.3, -0.25) is 0 Å². The Labute approximate surface area is 135 Å². The molecule has 2 amide bonds. The smallest absolute Gasteiger partial charge is 0.315 e. The first kappa shape index (κ1) is 15.6. The lowest BCUT2D eigenvalue weighted by molar-refractivity contribution is 0.203. The van der Waals surface area contributed by atoms with Crippen LogP contribution in [0.1, 0.15) is 18.4 Å². The third kappa shape index (κ3) is 3.40. The van der Waals surface area contributed by atoms with Crippen molar-refractivity contribution in [3.8, 4) is 5.75 Å². The van der Waals surface area contributed by atoms with E-state index < -0.39 is 0 Å². The Bertz CT molecular complexity index is 710. The molecule has 0 bridgehead atoms. The molecular formula is C18H22N2O3. The third-order valence-electron chi connectivity index (χ3n) is 4.56. The number of ether oxygens (including phenoxy) is 1. The number of carbonyl (C=O) groups is 1. The molecule has 0 saturated heterocycles. The van der Waals surface area contributed by atoms with Gasteiger partial charge in [-0.1, -0.05) is 30.3 Å². The van der Waals surface area contributed by atoms with Gasteiger partial charge in [0.1, 0.15) is 5.75 Å². The highest BCUT2D eigenvalue weighted by atomic mass is 16.5. The van der Waals surface area contributed by atoms with Crippen LogP contribution in [0.2, 0.25) is 0 Å². The lowest BCUT2D eigenvalue weighted by atomic mass is 10.0. The average Bonchev–Trinajstić information content (AvgIpc) is 3.38. The second-order valence-corrected chi connectivity index (χ2v) is 6.16. The number of methoxy groups -OCH3 is 1. The van der Waals surface area contributed by atoms with Crippen LogP contribution in [0.15, 0.2) is 36.4 Å². The molecule has 0 aromatic heterocycles. The number of fused-ring (bicyclic) bond motifs is 1. The van der Waals surface area contributed by atoms with Crippen molar-refractivity contribution < 1.29 is 14.6 Å². The number of rotatable bonds is 6. The summed E-state index contributed by atoms with van der Waals surface area (Å²) in [7, 11) is 1.63. The lowest BCUT2D eigenvalue weighted by Gasteiger charge is -2.15. The summed E-state index contributed by atoms with van der Waals surface area (Å²) in [6.07, 6.45) is 1.95. The van der Waals surface area contributed by atoms with Crippen molar-refractivity contribution in [3.63, 3.8) is 0 Å². The van der Waals surface area contributed by atoms with Gasteiger partial charge in [0.25, 0.3) is 0 Å². The van der Waals surface area contributed by atoms with Gasteiger partial charge < -0.3 is 20.5 Å². The number of hydrogen-bond donors (Lipinski definition) is 3. The van der Waals surface area contributed by atoms with Crippen LogP contribution in [0.4, 0.5) is 4.79 Å². The van der Waals surface area contributed by atoms with E-state index in [1.54, 1.807) is 7.11 Å². The fraction of sp³-hybridized carbons (Fsp3) is 0.389. The largest absolute Gasteiger partial charge is 0.496 e. The Morgan fingerprint density at radius 3 is 2.70 bits per heavy atom. The minimum Gasteiger partial charge on any atom is -0.496 e. The molecule has 1 aliphatic rings. The SMILES string of the molecule is COc1ccc2ccccc2c1CNC(=O)NCC1(CO)CC1. The summed E-state index contributed by atoms with van der Waals surface area (Å²) in [5.74, 6) is 0.762. The molecule has 0 unspecified atom stereocenters. The Kier molecular flexibility index (Phi) is 4.39. The van der Waals surface area contributed by atoms with E-state index in [0.29, 0.717) is 13.1 Å². The zero-order chi connectivity index (χ0) is 16.3. The predicted molar refractivity (Wildman–Crippen MR) is 89.5 cm³/mol. The van der Waals surface area contributed by atoms with Gasteiger partial charge in [-0.2, -0.15) is 0 Å². The standard InChI is InChI=1S/C18H22N2O3/c1-23-16-7-6-13-4-2-3-5-14(13)15(16)10-19-17(22)20-11-18(12-21)8-9-18/h2-7,21H,8-12H2,1H3,(H2,19,20,22). The zero-order valence-corrected chi connectivity index (χ0v) is 13.3. The molecule has 0 aliphatic heterocycles.